The zero-order valence-corrected chi connectivity index (χ0v) is 11.8. The third-order valence-corrected chi connectivity index (χ3v) is 4.61. The molecule has 5 nitrogen and oxygen atoms in total. The molecule has 0 bridgehead atoms. The van der Waals surface area contributed by atoms with Gasteiger partial charge in [0.1, 0.15) is 0 Å². The molecule has 0 spiro atoms. The summed E-state index contributed by atoms with van der Waals surface area (Å²) in [6, 6.07) is 0. The Morgan fingerprint density at radius 1 is 1.21 bits per heavy atom. The molecule has 1 amide bonds. The second kappa shape index (κ2) is 5.49. The summed E-state index contributed by atoms with van der Waals surface area (Å²) in [5.74, 6) is -1.09. The summed E-state index contributed by atoms with van der Waals surface area (Å²) in [5.41, 5.74) is 0. The van der Waals surface area contributed by atoms with Gasteiger partial charge < -0.3 is 14.7 Å². The number of piperidine rings is 1. The molecule has 2 heterocycles. The minimum Gasteiger partial charge on any atom is -0.481 e. The maximum atomic E-state index is 12.6. The van der Waals surface area contributed by atoms with Gasteiger partial charge in [-0.15, -0.1) is 0 Å². The van der Waals surface area contributed by atoms with Gasteiger partial charge in [0.2, 0.25) is 5.91 Å². The summed E-state index contributed by atoms with van der Waals surface area (Å²) in [5, 5.41) is 9.09. The van der Waals surface area contributed by atoms with Crippen LogP contribution in [-0.4, -0.2) is 47.2 Å². The molecule has 0 radical (unpaired) electrons. The number of rotatable bonds is 2. The lowest BCUT2D eigenvalue weighted by atomic mass is 9.87. The molecule has 0 aliphatic carbocycles. The maximum absolute atomic E-state index is 12.6. The van der Waals surface area contributed by atoms with Crippen LogP contribution in [0, 0.1) is 17.8 Å². The van der Waals surface area contributed by atoms with E-state index in [1.54, 1.807) is 4.90 Å². The Kier molecular flexibility index (Phi) is 4.13. The molecule has 19 heavy (non-hydrogen) atoms. The van der Waals surface area contributed by atoms with E-state index < -0.39 is 11.9 Å². The molecule has 1 N–H and O–H groups in total. The molecule has 108 valence electrons. The van der Waals surface area contributed by atoms with Gasteiger partial charge in [0.25, 0.3) is 0 Å². The Morgan fingerprint density at radius 2 is 1.89 bits per heavy atom. The summed E-state index contributed by atoms with van der Waals surface area (Å²) in [6.45, 7) is 6.98. The Bertz CT molecular complexity index is 370. The predicted molar refractivity (Wildman–Crippen MR) is 69.6 cm³/mol. The van der Waals surface area contributed by atoms with Gasteiger partial charge in [-0.25, -0.2) is 0 Å². The number of amides is 1. The van der Waals surface area contributed by atoms with Crippen LogP contribution in [0.4, 0.5) is 0 Å². The number of hydrogen-bond acceptors (Lipinski definition) is 3. The van der Waals surface area contributed by atoms with Crippen LogP contribution in [-0.2, 0) is 14.3 Å². The standard InChI is InChI=1S/C14H23NO4/c1-8-9(2)19-10(3)12(8)13(16)15-6-4-5-11(7-15)14(17)18/h8-12H,4-7H2,1-3H3,(H,17,18). The Balaban J connectivity index is 2.05. The number of carboxylic acid groups (broad SMARTS) is 1. The van der Waals surface area contributed by atoms with Crippen LogP contribution >= 0.6 is 0 Å². The number of carbonyl (C=O) groups is 2. The second-order valence-corrected chi connectivity index (χ2v) is 5.89. The number of likely N-dealkylation sites (tertiary alicyclic amines) is 1. The normalized spacial score (nSPS) is 39.3. The third-order valence-electron chi connectivity index (χ3n) is 4.61. The van der Waals surface area contributed by atoms with Gasteiger partial charge in [0.05, 0.1) is 24.0 Å². The van der Waals surface area contributed by atoms with Crippen molar-refractivity contribution in [1.29, 1.82) is 0 Å². The van der Waals surface area contributed by atoms with Gasteiger partial charge in [-0.1, -0.05) is 6.92 Å². The van der Waals surface area contributed by atoms with Crippen molar-refractivity contribution in [3.8, 4) is 0 Å². The summed E-state index contributed by atoms with van der Waals surface area (Å²) in [4.78, 5) is 25.4. The Morgan fingerprint density at radius 3 is 2.42 bits per heavy atom. The minimum atomic E-state index is -0.797. The van der Waals surface area contributed by atoms with Gasteiger partial charge in [0, 0.05) is 13.1 Å². The largest absolute Gasteiger partial charge is 0.481 e. The molecule has 5 unspecified atom stereocenters. The SMILES string of the molecule is CC1OC(C)C(C(=O)N2CCCC(C(=O)O)C2)C1C. The van der Waals surface area contributed by atoms with E-state index in [-0.39, 0.29) is 30.0 Å². The number of hydrogen-bond donors (Lipinski definition) is 1. The minimum absolute atomic E-state index is 0.0651. The highest BCUT2D eigenvalue weighted by Crippen LogP contribution is 2.34. The first-order valence-electron chi connectivity index (χ1n) is 7.09. The van der Waals surface area contributed by atoms with E-state index in [2.05, 4.69) is 0 Å². The van der Waals surface area contributed by atoms with E-state index in [0.717, 1.165) is 6.42 Å². The fourth-order valence-electron chi connectivity index (χ4n) is 3.28. The van der Waals surface area contributed by atoms with Gasteiger partial charge in [-0.3, -0.25) is 9.59 Å². The van der Waals surface area contributed by atoms with Crippen LogP contribution in [0.25, 0.3) is 0 Å². The summed E-state index contributed by atoms with van der Waals surface area (Å²) in [6.07, 6.45) is 1.45. The third kappa shape index (κ3) is 2.76. The lowest BCUT2D eigenvalue weighted by Crippen LogP contribution is -2.47. The quantitative estimate of drug-likeness (QED) is 0.822. The van der Waals surface area contributed by atoms with E-state index >= 15 is 0 Å². The van der Waals surface area contributed by atoms with Crippen molar-refractivity contribution in [3.05, 3.63) is 0 Å². The molecule has 0 aromatic heterocycles. The molecule has 2 aliphatic rings. The molecule has 2 fully saturated rings. The van der Waals surface area contributed by atoms with Crippen LogP contribution in [0.3, 0.4) is 0 Å². The molecule has 0 saturated carbocycles. The second-order valence-electron chi connectivity index (χ2n) is 5.89. The first-order valence-corrected chi connectivity index (χ1v) is 7.09. The average Bonchev–Trinajstić information content (AvgIpc) is 2.62. The maximum Gasteiger partial charge on any atom is 0.308 e. The van der Waals surface area contributed by atoms with E-state index in [9.17, 15) is 9.59 Å². The molecule has 2 rings (SSSR count). The first kappa shape index (κ1) is 14.3. The molecule has 0 aromatic carbocycles. The lowest BCUT2D eigenvalue weighted by Gasteiger charge is -2.34. The topological polar surface area (TPSA) is 66.8 Å². The van der Waals surface area contributed by atoms with Crippen molar-refractivity contribution in [1.82, 2.24) is 4.90 Å². The van der Waals surface area contributed by atoms with Gasteiger partial charge in [-0.2, -0.15) is 0 Å². The highest BCUT2D eigenvalue weighted by Gasteiger charge is 2.44. The average molecular weight is 269 g/mol. The van der Waals surface area contributed by atoms with Crippen molar-refractivity contribution in [2.45, 2.75) is 45.8 Å². The van der Waals surface area contributed by atoms with Gasteiger partial charge in [-0.05, 0) is 32.6 Å². The van der Waals surface area contributed by atoms with Crippen molar-refractivity contribution >= 4 is 11.9 Å². The molecule has 5 heteroatoms. The number of carboxylic acids is 1. The molecule has 0 aromatic rings. The van der Waals surface area contributed by atoms with Crippen molar-refractivity contribution in [2.75, 3.05) is 13.1 Å². The van der Waals surface area contributed by atoms with Crippen LogP contribution in [0.1, 0.15) is 33.6 Å². The highest BCUT2D eigenvalue weighted by molar-refractivity contribution is 5.81. The van der Waals surface area contributed by atoms with Gasteiger partial charge in [0.15, 0.2) is 0 Å². The smallest absolute Gasteiger partial charge is 0.308 e. The van der Waals surface area contributed by atoms with Crippen molar-refractivity contribution in [3.63, 3.8) is 0 Å². The van der Waals surface area contributed by atoms with E-state index in [0.29, 0.717) is 19.5 Å². The molecule has 2 saturated heterocycles. The Labute approximate surface area is 113 Å². The van der Waals surface area contributed by atoms with Crippen LogP contribution in [0.2, 0.25) is 0 Å². The summed E-state index contributed by atoms with van der Waals surface area (Å²) >= 11 is 0. The predicted octanol–water partition coefficient (Wildman–Crippen LogP) is 1.37. The number of carbonyl (C=O) groups excluding carboxylic acids is 1. The van der Waals surface area contributed by atoms with E-state index in [1.165, 1.54) is 0 Å². The van der Waals surface area contributed by atoms with Crippen LogP contribution in [0.15, 0.2) is 0 Å². The fourth-order valence-corrected chi connectivity index (χ4v) is 3.28. The van der Waals surface area contributed by atoms with Crippen molar-refractivity contribution in [2.24, 2.45) is 17.8 Å². The molecule has 5 atom stereocenters. The van der Waals surface area contributed by atoms with Gasteiger partial charge >= 0.3 is 5.97 Å². The van der Waals surface area contributed by atoms with Crippen molar-refractivity contribution < 1.29 is 19.4 Å². The zero-order chi connectivity index (χ0) is 14.2. The summed E-state index contributed by atoms with van der Waals surface area (Å²) in [7, 11) is 0. The molecular formula is C14H23NO4. The van der Waals surface area contributed by atoms with E-state index in [1.807, 2.05) is 20.8 Å². The number of aliphatic carboxylic acids is 1. The fraction of sp³-hybridized carbons (Fsp3) is 0.857. The summed E-state index contributed by atoms with van der Waals surface area (Å²) < 4.78 is 5.71. The number of ether oxygens (including phenoxy) is 1. The highest BCUT2D eigenvalue weighted by atomic mass is 16.5. The number of nitrogens with zero attached hydrogens (tertiary/aromatic N) is 1. The Hall–Kier alpha value is -1.10. The molecule has 2 aliphatic heterocycles. The monoisotopic (exact) mass is 269 g/mol. The first-order chi connectivity index (χ1) is 8.91. The lowest BCUT2D eigenvalue weighted by molar-refractivity contribution is -0.147. The van der Waals surface area contributed by atoms with E-state index in [4.69, 9.17) is 9.84 Å². The van der Waals surface area contributed by atoms with Crippen LogP contribution in [0.5, 0.6) is 0 Å². The zero-order valence-electron chi connectivity index (χ0n) is 11.8. The molecular weight excluding hydrogens is 246 g/mol. The van der Waals surface area contributed by atoms with Crippen LogP contribution < -0.4 is 0 Å².